The smallest absolute Gasteiger partial charge is 0.210 e. The van der Waals surface area contributed by atoms with Crippen molar-refractivity contribution in [2.45, 2.75) is 9.79 Å². The van der Waals surface area contributed by atoms with Crippen LogP contribution < -0.4 is 9.47 Å². The van der Waals surface area contributed by atoms with Crippen molar-refractivity contribution in [2.24, 2.45) is 0 Å². The highest BCUT2D eigenvalue weighted by molar-refractivity contribution is 7.91. The van der Waals surface area contributed by atoms with Crippen molar-refractivity contribution in [3.05, 3.63) is 48.5 Å². The fraction of sp³-hybridized carbons (Fsp3) is 0.143. The van der Waals surface area contributed by atoms with Gasteiger partial charge in [0.25, 0.3) is 0 Å². The summed E-state index contributed by atoms with van der Waals surface area (Å²) >= 11 is 0. The number of hydrogen-bond donors (Lipinski definition) is 0. The van der Waals surface area contributed by atoms with Crippen LogP contribution in [0, 0.1) is 0 Å². The van der Waals surface area contributed by atoms with E-state index in [2.05, 4.69) is 0 Å². The summed E-state index contributed by atoms with van der Waals surface area (Å²) in [6, 6.07) is 12.9. The minimum absolute atomic E-state index is 0.0977. The topological polar surface area (TPSA) is 52.6 Å². The van der Waals surface area contributed by atoms with E-state index in [9.17, 15) is 8.42 Å². The van der Waals surface area contributed by atoms with Crippen LogP contribution in [0.15, 0.2) is 58.3 Å². The Morgan fingerprint density at radius 3 is 2.16 bits per heavy atom. The molecule has 0 unspecified atom stereocenters. The zero-order chi connectivity index (χ0) is 13.9. The molecule has 0 radical (unpaired) electrons. The molecule has 2 aromatic rings. The zero-order valence-electron chi connectivity index (χ0n) is 10.7. The first kappa shape index (κ1) is 13.4. The summed E-state index contributed by atoms with van der Waals surface area (Å²) < 4.78 is 35.3. The van der Waals surface area contributed by atoms with Gasteiger partial charge in [-0.1, -0.05) is 18.2 Å². The van der Waals surface area contributed by atoms with Crippen molar-refractivity contribution < 1.29 is 17.9 Å². The molecule has 0 aromatic heterocycles. The van der Waals surface area contributed by atoms with Crippen molar-refractivity contribution in [1.29, 1.82) is 0 Å². The van der Waals surface area contributed by atoms with E-state index in [1.165, 1.54) is 20.3 Å². The van der Waals surface area contributed by atoms with Crippen LogP contribution in [0.3, 0.4) is 0 Å². The van der Waals surface area contributed by atoms with E-state index in [1.54, 1.807) is 42.5 Å². The number of sulfone groups is 1. The van der Waals surface area contributed by atoms with Gasteiger partial charge in [0, 0.05) is 6.07 Å². The lowest BCUT2D eigenvalue weighted by Gasteiger charge is -2.11. The molecule has 0 aliphatic heterocycles. The normalized spacial score (nSPS) is 11.1. The van der Waals surface area contributed by atoms with Crippen molar-refractivity contribution in [3.8, 4) is 11.5 Å². The first-order valence-corrected chi connectivity index (χ1v) is 7.10. The van der Waals surface area contributed by atoms with Crippen LogP contribution in [-0.4, -0.2) is 22.6 Å². The predicted molar refractivity (Wildman–Crippen MR) is 71.4 cm³/mol. The molecule has 0 aliphatic carbocycles. The molecular formula is C14H14O4S. The lowest BCUT2D eigenvalue weighted by atomic mass is 10.3. The van der Waals surface area contributed by atoms with Gasteiger partial charge in [0.2, 0.25) is 9.84 Å². The minimum atomic E-state index is -3.62. The summed E-state index contributed by atoms with van der Waals surface area (Å²) in [6.07, 6.45) is 0. The van der Waals surface area contributed by atoms with Gasteiger partial charge in [0.15, 0.2) is 0 Å². The Labute approximate surface area is 112 Å². The summed E-state index contributed by atoms with van der Waals surface area (Å²) in [6.45, 7) is 0. The van der Waals surface area contributed by atoms with Gasteiger partial charge in [-0.25, -0.2) is 8.42 Å². The molecule has 0 heterocycles. The Morgan fingerprint density at radius 1 is 0.895 bits per heavy atom. The maximum atomic E-state index is 12.5. The van der Waals surface area contributed by atoms with Crippen LogP contribution in [0.5, 0.6) is 11.5 Å². The van der Waals surface area contributed by atoms with Crippen molar-refractivity contribution in [1.82, 2.24) is 0 Å². The van der Waals surface area contributed by atoms with E-state index in [0.29, 0.717) is 11.5 Å². The molecular weight excluding hydrogens is 264 g/mol. The molecule has 100 valence electrons. The van der Waals surface area contributed by atoms with Gasteiger partial charge < -0.3 is 9.47 Å². The summed E-state index contributed by atoms with van der Waals surface area (Å²) in [5.74, 6) is 0.764. The second-order valence-electron chi connectivity index (χ2n) is 3.83. The van der Waals surface area contributed by atoms with Crippen molar-refractivity contribution in [2.75, 3.05) is 14.2 Å². The molecule has 2 aromatic carbocycles. The van der Waals surface area contributed by atoms with Crippen LogP contribution in [0.1, 0.15) is 0 Å². The molecule has 0 amide bonds. The summed E-state index contributed by atoms with van der Waals surface area (Å²) in [4.78, 5) is 0.321. The Hall–Kier alpha value is -2.01. The van der Waals surface area contributed by atoms with Gasteiger partial charge in [-0.2, -0.15) is 0 Å². The largest absolute Gasteiger partial charge is 0.497 e. The number of hydrogen-bond acceptors (Lipinski definition) is 4. The van der Waals surface area contributed by atoms with E-state index < -0.39 is 9.84 Å². The molecule has 0 saturated carbocycles. The maximum absolute atomic E-state index is 12.5. The van der Waals surface area contributed by atoms with Gasteiger partial charge >= 0.3 is 0 Å². The van der Waals surface area contributed by atoms with Crippen molar-refractivity contribution in [3.63, 3.8) is 0 Å². The third-order valence-electron chi connectivity index (χ3n) is 2.71. The quantitative estimate of drug-likeness (QED) is 0.862. The van der Waals surface area contributed by atoms with Gasteiger partial charge in [0.1, 0.15) is 16.4 Å². The molecule has 0 fully saturated rings. The number of ether oxygens (including phenoxy) is 2. The molecule has 0 N–H and O–H groups in total. The third kappa shape index (κ3) is 2.56. The second kappa shape index (κ2) is 5.32. The van der Waals surface area contributed by atoms with E-state index in [-0.39, 0.29) is 9.79 Å². The fourth-order valence-electron chi connectivity index (χ4n) is 1.72. The van der Waals surface area contributed by atoms with E-state index >= 15 is 0 Å². The first-order chi connectivity index (χ1) is 9.09. The number of benzene rings is 2. The molecule has 0 spiro atoms. The SMILES string of the molecule is COc1ccc(OC)c(S(=O)(=O)c2ccccc2)c1. The minimum Gasteiger partial charge on any atom is -0.497 e. The second-order valence-corrected chi connectivity index (χ2v) is 5.75. The number of rotatable bonds is 4. The highest BCUT2D eigenvalue weighted by Gasteiger charge is 2.22. The third-order valence-corrected chi connectivity index (χ3v) is 4.50. The van der Waals surface area contributed by atoms with E-state index in [1.807, 2.05) is 0 Å². The van der Waals surface area contributed by atoms with Crippen LogP contribution in [-0.2, 0) is 9.84 Å². The zero-order valence-corrected chi connectivity index (χ0v) is 11.5. The van der Waals surface area contributed by atoms with Gasteiger partial charge in [-0.3, -0.25) is 0 Å². The average molecular weight is 278 g/mol. The molecule has 2 rings (SSSR count). The molecule has 0 bridgehead atoms. The first-order valence-electron chi connectivity index (χ1n) is 5.62. The summed E-state index contributed by atoms with van der Waals surface area (Å²) in [7, 11) is -0.696. The Kier molecular flexibility index (Phi) is 3.76. The summed E-state index contributed by atoms with van der Waals surface area (Å²) in [5, 5.41) is 0. The standard InChI is InChI=1S/C14H14O4S/c1-17-11-8-9-13(18-2)14(10-11)19(15,16)12-6-4-3-5-7-12/h3-10H,1-2H3. The van der Waals surface area contributed by atoms with Gasteiger partial charge in [-0.05, 0) is 24.3 Å². The monoisotopic (exact) mass is 278 g/mol. The molecule has 0 aliphatic rings. The van der Waals surface area contributed by atoms with E-state index in [4.69, 9.17) is 9.47 Å². The van der Waals surface area contributed by atoms with Crippen molar-refractivity contribution >= 4 is 9.84 Å². The van der Waals surface area contributed by atoms with E-state index in [0.717, 1.165) is 0 Å². The fourth-order valence-corrected chi connectivity index (χ4v) is 3.18. The Balaban J connectivity index is 2.63. The molecule has 19 heavy (non-hydrogen) atoms. The maximum Gasteiger partial charge on any atom is 0.210 e. The number of methoxy groups -OCH3 is 2. The lowest BCUT2D eigenvalue weighted by molar-refractivity contribution is 0.392. The van der Waals surface area contributed by atoms with Crippen LogP contribution in [0.25, 0.3) is 0 Å². The van der Waals surface area contributed by atoms with Crippen LogP contribution in [0.2, 0.25) is 0 Å². The van der Waals surface area contributed by atoms with Gasteiger partial charge in [-0.15, -0.1) is 0 Å². The average Bonchev–Trinajstić information content (AvgIpc) is 2.47. The van der Waals surface area contributed by atoms with Crippen LogP contribution in [0.4, 0.5) is 0 Å². The Morgan fingerprint density at radius 2 is 1.58 bits per heavy atom. The Bertz CT molecular complexity index is 663. The highest BCUT2D eigenvalue weighted by Crippen LogP contribution is 2.32. The predicted octanol–water partition coefficient (Wildman–Crippen LogP) is 2.54. The van der Waals surface area contributed by atoms with Gasteiger partial charge in [0.05, 0.1) is 19.1 Å². The summed E-state index contributed by atoms with van der Waals surface area (Å²) in [5.41, 5.74) is 0. The molecule has 5 heteroatoms. The lowest BCUT2D eigenvalue weighted by Crippen LogP contribution is -2.04. The molecule has 4 nitrogen and oxygen atoms in total. The molecule has 0 atom stereocenters. The molecule has 0 saturated heterocycles. The highest BCUT2D eigenvalue weighted by atomic mass is 32.2. The van der Waals surface area contributed by atoms with Crippen LogP contribution >= 0.6 is 0 Å².